The van der Waals surface area contributed by atoms with E-state index >= 15 is 0 Å². The van der Waals surface area contributed by atoms with Gasteiger partial charge >= 0.3 is 0 Å². The Morgan fingerprint density at radius 1 is 1.33 bits per heavy atom. The Balaban J connectivity index is 1.64. The summed E-state index contributed by atoms with van der Waals surface area (Å²) in [6, 6.07) is 8.35. The van der Waals surface area contributed by atoms with Crippen LogP contribution in [-0.4, -0.2) is 50.6 Å². The van der Waals surface area contributed by atoms with Crippen LogP contribution >= 0.6 is 0 Å². The van der Waals surface area contributed by atoms with Gasteiger partial charge in [-0.2, -0.15) is 0 Å². The van der Waals surface area contributed by atoms with Gasteiger partial charge in [0, 0.05) is 25.5 Å². The zero-order chi connectivity index (χ0) is 17.3. The van der Waals surface area contributed by atoms with Crippen molar-refractivity contribution in [1.82, 2.24) is 9.21 Å². The number of hydrogen-bond donors (Lipinski definition) is 0. The highest BCUT2D eigenvalue weighted by Gasteiger charge is 2.24. The Morgan fingerprint density at radius 2 is 2.12 bits per heavy atom. The summed E-state index contributed by atoms with van der Waals surface area (Å²) in [6.07, 6.45) is 3.45. The maximum Gasteiger partial charge on any atom is 0.210 e. The Labute approximate surface area is 144 Å². The van der Waals surface area contributed by atoms with E-state index in [9.17, 15) is 8.42 Å². The molecule has 1 fully saturated rings. The van der Waals surface area contributed by atoms with Crippen molar-refractivity contribution in [2.45, 2.75) is 26.3 Å². The van der Waals surface area contributed by atoms with Gasteiger partial charge in [0.25, 0.3) is 0 Å². The maximum absolute atomic E-state index is 11.6. The largest absolute Gasteiger partial charge is 0.460 e. The van der Waals surface area contributed by atoms with Gasteiger partial charge in [-0.25, -0.2) is 12.7 Å². The van der Waals surface area contributed by atoms with E-state index in [0.29, 0.717) is 12.5 Å². The molecule has 0 radical (unpaired) electrons. The summed E-state index contributed by atoms with van der Waals surface area (Å²) in [7, 11) is -1.44. The zero-order valence-corrected chi connectivity index (χ0v) is 15.5. The normalized spacial score (nSPS) is 20.1. The molecule has 1 unspecified atom stereocenters. The fraction of sp³-hybridized carbons (Fsp3) is 0.556. The van der Waals surface area contributed by atoms with E-state index in [1.54, 1.807) is 7.05 Å². The molecule has 3 rings (SSSR count). The Bertz CT molecular complexity index is 813. The molecule has 132 valence electrons. The highest BCUT2D eigenvalue weighted by Crippen LogP contribution is 2.24. The summed E-state index contributed by atoms with van der Waals surface area (Å²) in [5.74, 6) is 1.36. The van der Waals surface area contributed by atoms with Crippen LogP contribution in [0.1, 0.15) is 24.2 Å². The first-order valence-corrected chi connectivity index (χ1v) is 10.3. The molecule has 1 aliphatic rings. The SMILES string of the molecule is Cc1ccc2oc(CN3CCCC(CN(C)S(C)(=O)=O)C3)cc2c1. The van der Waals surface area contributed by atoms with E-state index in [2.05, 4.69) is 30.0 Å². The third-order valence-corrected chi connectivity index (χ3v) is 6.07. The Morgan fingerprint density at radius 3 is 2.88 bits per heavy atom. The van der Waals surface area contributed by atoms with E-state index < -0.39 is 10.0 Å². The first-order chi connectivity index (χ1) is 11.3. The lowest BCUT2D eigenvalue weighted by atomic mass is 9.98. The van der Waals surface area contributed by atoms with Crippen LogP contribution in [0.15, 0.2) is 28.7 Å². The lowest BCUT2D eigenvalue weighted by molar-refractivity contribution is 0.147. The van der Waals surface area contributed by atoms with E-state index in [1.165, 1.54) is 16.1 Å². The van der Waals surface area contributed by atoms with Crippen LogP contribution < -0.4 is 0 Å². The fourth-order valence-corrected chi connectivity index (χ4v) is 3.94. The number of hydrogen-bond acceptors (Lipinski definition) is 4. The number of benzene rings is 1. The summed E-state index contributed by atoms with van der Waals surface area (Å²) in [5, 5.41) is 1.15. The lowest BCUT2D eigenvalue weighted by Gasteiger charge is -2.33. The van der Waals surface area contributed by atoms with Crippen LogP contribution in [0.25, 0.3) is 11.0 Å². The minimum Gasteiger partial charge on any atom is -0.460 e. The molecule has 0 saturated carbocycles. The molecule has 2 heterocycles. The first kappa shape index (κ1) is 17.5. The average molecular weight is 350 g/mol. The molecule has 0 amide bonds. The van der Waals surface area contributed by atoms with E-state index in [4.69, 9.17) is 4.42 Å². The number of likely N-dealkylation sites (tertiary alicyclic amines) is 1. The minimum atomic E-state index is -3.10. The van der Waals surface area contributed by atoms with E-state index in [1.807, 2.05) is 6.07 Å². The van der Waals surface area contributed by atoms with Crippen molar-refractivity contribution in [2.75, 3.05) is 32.9 Å². The monoisotopic (exact) mass is 350 g/mol. The summed E-state index contributed by atoms with van der Waals surface area (Å²) in [5.41, 5.74) is 2.16. The molecule has 1 aromatic heterocycles. The van der Waals surface area contributed by atoms with Crippen LogP contribution in [0.3, 0.4) is 0 Å². The van der Waals surface area contributed by atoms with Crippen LogP contribution in [0, 0.1) is 12.8 Å². The van der Waals surface area contributed by atoms with Crippen molar-refractivity contribution >= 4 is 21.0 Å². The van der Waals surface area contributed by atoms with Crippen molar-refractivity contribution in [3.8, 4) is 0 Å². The van der Waals surface area contributed by atoms with E-state index in [-0.39, 0.29) is 0 Å². The molecular weight excluding hydrogens is 324 g/mol. The van der Waals surface area contributed by atoms with Gasteiger partial charge in [-0.1, -0.05) is 11.6 Å². The Kier molecular flexibility index (Phi) is 4.99. The van der Waals surface area contributed by atoms with E-state index in [0.717, 1.165) is 49.2 Å². The highest BCUT2D eigenvalue weighted by atomic mass is 32.2. The van der Waals surface area contributed by atoms with Gasteiger partial charge in [-0.05, 0) is 50.4 Å². The molecule has 0 spiro atoms. The Hall–Kier alpha value is -1.37. The lowest BCUT2D eigenvalue weighted by Crippen LogP contribution is -2.40. The van der Waals surface area contributed by atoms with Crippen molar-refractivity contribution in [3.05, 3.63) is 35.6 Å². The third kappa shape index (κ3) is 4.18. The van der Waals surface area contributed by atoms with Gasteiger partial charge in [0.05, 0.1) is 12.8 Å². The summed E-state index contributed by atoms with van der Waals surface area (Å²) < 4.78 is 30.6. The van der Waals surface area contributed by atoms with Gasteiger partial charge in [-0.3, -0.25) is 4.90 Å². The molecule has 0 bridgehead atoms. The second-order valence-corrected chi connectivity index (χ2v) is 9.13. The summed E-state index contributed by atoms with van der Waals surface area (Å²) >= 11 is 0. The third-order valence-electron chi connectivity index (χ3n) is 4.79. The molecule has 1 aromatic carbocycles. The number of aryl methyl sites for hydroxylation is 1. The van der Waals surface area contributed by atoms with Crippen molar-refractivity contribution < 1.29 is 12.8 Å². The number of fused-ring (bicyclic) bond motifs is 1. The molecule has 24 heavy (non-hydrogen) atoms. The van der Waals surface area contributed by atoms with Crippen molar-refractivity contribution in [3.63, 3.8) is 0 Å². The van der Waals surface area contributed by atoms with Crippen LogP contribution in [0.5, 0.6) is 0 Å². The maximum atomic E-state index is 11.6. The topological polar surface area (TPSA) is 53.8 Å². The molecule has 2 aromatic rings. The standard InChI is InChI=1S/C18H26N2O3S/c1-14-6-7-18-16(9-14)10-17(23-18)13-20-8-4-5-15(12-20)11-19(2)24(3,21)22/h6-7,9-10,15H,4-5,8,11-13H2,1-3H3. The molecule has 5 nitrogen and oxygen atoms in total. The predicted octanol–water partition coefficient (Wildman–Crippen LogP) is 2.84. The zero-order valence-electron chi connectivity index (χ0n) is 14.7. The molecule has 0 aliphatic carbocycles. The average Bonchev–Trinajstić information content (AvgIpc) is 2.87. The molecule has 6 heteroatoms. The fourth-order valence-electron chi connectivity index (χ4n) is 3.46. The summed E-state index contributed by atoms with van der Waals surface area (Å²) in [6.45, 7) is 5.41. The second-order valence-electron chi connectivity index (χ2n) is 7.04. The minimum absolute atomic E-state index is 0.380. The van der Waals surface area contributed by atoms with Gasteiger partial charge < -0.3 is 4.42 Å². The molecule has 1 saturated heterocycles. The van der Waals surface area contributed by atoms with Gasteiger partial charge in [0.1, 0.15) is 11.3 Å². The molecule has 1 aliphatic heterocycles. The molecule has 0 N–H and O–H groups in total. The molecular formula is C18H26N2O3S. The van der Waals surface area contributed by atoms with Gasteiger partial charge in [0.2, 0.25) is 10.0 Å². The van der Waals surface area contributed by atoms with Crippen LogP contribution in [0.4, 0.5) is 0 Å². The number of piperidine rings is 1. The van der Waals surface area contributed by atoms with Crippen LogP contribution in [-0.2, 0) is 16.6 Å². The van der Waals surface area contributed by atoms with Gasteiger partial charge in [0.15, 0.2) is 0 Å². The number of sulfonamides is 1. The predicted molar refractivity (Wildman–Crippen MR) is 96.4 cm³/mol. The first-order valence-electron chi connectivity index (χ1n) is 8.44. The quantitative estimate of drug-likeness (QED) is 0.832. The number of furan rings is 1. The van der Waals surface area contributed by atoms with Crippen molar-refractivity contribution in [1.29, 1.82) is 0 Å². The van der Waals surface area contributed by atoms with Crippen LogP contribution in [0.2, 0.25) is 0 Å². The summed E-state index contributed by atoms with van der Waals surface area (Å²) in [4.78, 5) is 2.37. The second kappa shape index (κ2) is 6.86. The van der Waals surface area contributed by atoms with Crippen molar-refractivity contribution in [2.24, 2.45) is 5.92 Å². The number of nitrogens with zero attached hydrogens (tertiary/aromatic N) is 2. The molecule has 1 atom stereocenters. The van der Waals surface area contributed by atoms with Gasteiger partial charge in [-0.15, -0.1) is 0 Å². The highest BCUT2D eigenvalue weighted by molar-refractivity contribution is 7.88. The smallest absolute Gasteiger partial charge is 0.210 e. The number of rotatable bonds is 5.